The molecular weight excluding hydrogens is 247 g/mol. The quantitative estimate of drug-likeness (QED) is 0.862. The summed E-state index contributed by atoms with van der Waals surface area (Å²) in [7, 11) is 0. The highest BCUT2D eigenvalue weighted by molar-refractivity contribution is 5.82. The molecule has 1 aromatic carbocycles. The standard InChI is InChI=1S/C14H19FN2O2/c1-9-3-4-11(7-12(9)15)8-17-14(18)13-10(2)19-6-5-16-13/h3-4,7,10,13,16H,5-6,8H2,1-2H3,(H,17,18)/t10-,13+/m1/s1. The molecule has 1 aromatic rings. The van der Waals surface area contributed by atoms with E-state index in [1.54, 1.807) is 13.0 Å². The largest absolute Gasteiger partial charge is 0.375 e. The van der Waals surface area contributed by atoms with Crippen molar-refractivity contribution in [3.63, 3.8) is 0 Å². The highest BCUT2D eigenvalue weighted by atomic mass is 19.1. The lowest BCUT2D eigenvalue weighted by atomic mass is 10.1. The molecule has 0 unspecified atom stereocenters. The van der Waals surface area contributed by atoms with E-state index in [1.807, 2.05) is 13.0 Å². The lowest BCUT2D eigenvalue weighted by Gasteiger charge is -2.29. The van der Waals surface area contributed by atoms with Gasteiger partial charge >= 0.3 is 0 Å². The summed E-state index contributed by atoms with van der Waals surface area (Å²) in [6.45, 7) is 5.18. The van der Waals surface area contributed by atoms with Gasteiger partial charge in [0.1, 0.15) is 11.9 Å². The second-order valence-corrected chi connectivity index (χ2v) is 4.81. The zero-order chi connectivity index (χ0) is 13.8. The van der Waals surface area contributed by atoms with E-state index in [-0.39, 0.29) is 23.9 Å². The Kier molecular flexibility index (Phi) is 4.50. The summed E-state index contributed by atoms with van der Waals surface area (Å²) in [4.78, 5) is 12.0. The Hall–Kier alpha value is -1.46. The Bertz CT molecular complexity index is 465. The number of hydrogen-bond acceptors (Lipinski definition) is 3. The maximum atomic E-state index is 13.4. The molecular formula is C14H19FN2O2. The minimum absolute atomic E-state index is 0.117. The Morgan fingerprint density at radius 2 is 2.37 bits per heavy atom. The molecule has 1 heterocycles. The maximum Gasteiger partial charge on any atom is 0.240 e. The molecule has 0 bridgehead atoms. The third-order valence-electron chi connectivity index (χ3n) is 3.30. The van der Waals surface area contributed by atoms with Gasteiger partial charge in [-0.1, -0.05) is 12.1 Å². The van der Waals surface area contributed by atoms with E-state index < -0.39 is 0 Å². The molecule has 5 heteroatoms. The number of aryl methyl sites for hydroxylation is 1. The molecule has 19 heavy (non-hydrogen) atoms. The molecule has 0 radical (unpaired) electrons. The van der Waals surface area contributed by atoms with Crippen molar-refractivity contribution in [3.8, 4) is 0 Å². The molecule has 1 aliphatic rings. The van der Waals surface area contributed by atoms with Crippen LogP contribution in [0, 0.1) is 12.7 Å². The van der Waals surface area contributed by atoms with Crippen LogP contribution < -0.4 is 10.6 Å². The zero-order valence-electron chi connectivity index (χ0n) is 11.2. The van der Waals surface area contributed by atoms with E-state index in [0.717, 1.165) is 5.56 Å². The van der Waals surface area contributed by atoms with Crippen molar-refractivity contribution in [1.29, 1.82) is 0 Å². The summed E-state index contributed by atoms with van der Waals surface area (Å²) in [6.07, 6.45) is -0.150. The summed E-state index contributed by atoms with van der Waals surface area (Å²) < 4.78 is 18.8. The Labute approximate surface area is 112 Å². The molecule has 104 valence electrons. The first-order valence-electron chi connectivity index (χ1n) is 6.45. The molecule has 0 aliphatic carbocycles. The molecule has 1 amide bonds. The molecule has 0 aromatic heterocycles. The Balaban J connectivity index is 1.90. The molecule has 0 spiro atoms. The molecule has 2 atom stereocenters. The van der Waals surface area contributed by atoms with Gasteiger partial charge in [0.25, 0.3) is 0 Å². The van der Waals surface area contributed by atoms with Crippen LogP contribution in [0.15, 0.2) is 18.2 Å². The second-order valence-electron chi connectivity index (χ2n) is 4.81. The van der Waals surface area contributed by atoms with Gasteiger partial charge in [0.2, 0.25) is 5.91 Å². The fourth-order valence-corrected chi connectivity index (χ4v) is 2.07. The minimum atomic E-state index is -0.343. The molecule has 2 N–H and O–H groups in total. The maximum absolute atomic E-state index is 13.4. The second kappa shape index (κ2) is 6.12. The molecule has 1 fully saturated rings. The van der Waals surface area contributed by atoms with Gasteiger partial charge in [0.05, 0.1) is 12.7 Å². The van der Waals surface area contributed by atoms with Crippen LogP contribution in [0.3, 0.4) is 0 Å². The van der Waals surface area contributed by atoms with Gasteiger partial charge in [-0.05, 0) is 31.0 Å². The zero-order valence-corrected chi connectivity index (χ0v) is 11.2. The van der Waals surface area contributed by atoms with Crippen LogP contribution in [0.2, 0.25) is 0 Å². The van der Waals surface area contributed by atoms with E-state index in [0.29, 0.717) is 25.3 Å². The van der Waals surface area contributed by atoms with Crippen molar-refractivity contribution >= 4 is 5.91 Å². The van der Waals surface area contributed by atoms with E-state index in [1.165, 1.54) is 6.07 Å². The highest BCUT2D eigenvalue weighted by Gasteiger charge is 2.27. The molecule has 4 nitrogen and oxygen atoms in total. The van der Waals surface area contributed by atoms with Crippen LogP contribution in [0.4, 0.5) is 4.39 Å². The topological polar surface area (TPSA) is 50.4 Å². The van der Waals surface area contributed by atoms with Crippen LogP contribution in [-0.2, 0) is 16.1 Å². The first kappa shape index (κ1) is 14.0. The van der Waals surface area contributed by atoms with E-state index in [9.17, 15) is 9.18 Å². The highest BCUT2D eigenvalue weighted by Crippen LogP contribution is 2.09. The van der Waals surface area contributed by atoms with Crippen molar-refractivity contribution in [1.82, 2.24) is 10.6 Å². The smallest absolute Gasteiger partial charge is 0.240 e. The van der Waals surface area contributed by atoms with Gasteiger partial charge in [-0.3, -0.25) is 4.79 Å². The van der Waals surface area contributed by atoms with Crippen LogP contribution >= 0.6 is 0 Å². The third-order valence-corrected chi connectivity index (χ3v) is 3.30. The van der Waals surface area contributed by atoms with Gasteiger partial charge in [0.15, 0.2) is 0 Å². The van der Waals surface area contributed by atoms with Gasteiger partial charge in [-0.25, -0.2) is 4.39 Å². The SMILES string of the molecule is Cc1ccc(CNC(=O)[C@H]2NCCO[C@@H]2C)cc1F. The molecule has 1 aliphatic heterocycles. The van der Waals surface area contributed by atoms with Crippen molar-refractivity contribution in [2.75, 3.05) is 13.2 Å². The first-order valence-corrected chi connectivity index (χ1v) is 6.45. The number of ether oxygens (including phenoxy) is 1. The number of hydrogen-bond donors (Lipinski definition) is 2. The van der Waals surface area contributed by atoms with Crippen molar-refractivity contribution in [2.24, 2.45) is 0 Å². The number of amides is 1. The van der Waals surface area contributed by atoms with Gasteiger partial charge in [-0.15, -0.1) is 0 Å². The van der Waals surface area contributed by atoms with Crippen molar-refractivity contribution in [3.05, 3.63) is 35.1 Å². The lowest BCUT2D eigenvalue weighted by molar-refractivity contribution is -0.129. The average Bonchev–Trinajstić information content (AvgIpc) is 2.40. The predicted molar refractivity (Wildman–Crippen MR) is 70.2 cm³/mol. The minimum Gasteiger partial charge on any atom is -0.375 e. The Morgan fingerprint density at radius 3 is 3.05 bits per heavy atom. The first-order chi connectivity index (χ1) is 9.08. The average molecular weight is 266 g/mol. The van der Waals surface area contributed by atoms with E-state index >= 15 is 0 Å². The Morgan fingerprint density at radius 1 is 1.58 bits per heavy atom. The number of halogens is 1. The van der Waals surface area contributed by atoms with Crippen molar-refractivity contribution in [2.45, 2.75) is 32.5 Å². The number of morpholine rings is 1. The van der Waals surface area contributed by atoms with Crippen LogP contribution in [-0.4, -0.2) is 31.2 Å². The monoisotopic (exact) mass is 266 g/mol. The van der Waals surface area contributed by atoms with Gasteiger partial charge in [-0.2, -0.15) is 0 Å². The van der Waals surface area contributed by atoms with Gasteiger partial charge in [0, 0.05) is 13.1 Å². The van der Waals surface area contributed by atoms with Crippen molar-refractivity contribution < 1.29 is 13.9 Å². The van der Waals surface area contributed by atoms with E-state index in [2.05, 4.69) is 10.6 Å². The normalized spacial score (nSPS) is 23.1. The third kappa shape index (κ3) is 3.52. The number of benzene rings is 1. The molecule has 1 saturated heterocycles. The molecule has 2 rings (SSSR count). The summed E-state index contributed by atoms with van der Waals surface area (Å²) >= 11 is 0. The number of carbonyl (C=O) groups is 1. The summed E-state index contributed by atoms with van der Waals surface area (Å²) in [5, 5.41) is 5.91. The molecule has 0 saturated carbocycles. The van der Waals surface area contributed by atoms with Crippen LogP contribution in [0.5, 0.6) is 0 Å². The lowest BCUT2D eigenvalue weighted by Crippen LogP contribution is -2.55. The summed E-state index contributed by atoms with van der Waals surface area (Å²) in [5.41, 5.74) is 1.35. The van der Waals surface area contributed by atoms with Crippen LogP contribution in [0.25, 0.3) is 0 Å². The van der Waals surface area contributed by atoms with Gasteiger partial charge < -0.3 is 15.4 Å². The summed E-state index contributed by atoms with van der Waals surface area (Å²) in [5.74, 6) is -0.368. The number of carbonyl (C=O) groups excluding carboxylic acids is 1. The van der Waals surface area contributed by atoms with E-state index in [4.69, 9.17) is 4.74 Å². The summed E-state index contributed by atoms with van der Waals surface area (Å²) in [6, 6.07) is 4.63. The fourth-order valence-electron chi connectivity index (χ4n) is 2.07. The van der Waals surface area contributed by atoms with Crippen LogP contribution in [0.1, 0.15) is 18.1 Å². The fraction of sp³-hybridized carbons (Fsp3) is 0.500. The predicted octanol–water partition coefficient (Wildman–Crippen LogP) is 1.13. The number of rotatable bonds is 3. The number of nitrogens with one attached hydrogen (secondary N) is 2.